The molecule has 5 nitrogen and oxygen atoms in total. The predicted molar refractivity (Wildman–Crippen MR) is 81.2 cm³/mol. The van der Waals surface area contributed by atoms with Crippen LogP contribution in [0.5, 0.6) is 11.6 Å². The molecule has 0 atom stereocenters. The maximum Gasteiger partial charge on any atom is 0.416 e. The summed E-state index contributed by atoms with van der Waals surface area (Å²) in [5.74, 6) is -0.122. The summed E-state index contributed by atoms with van der Waals surface area (Å²) in [4.78, 5) is 4.07. The second-order valence-corrected chi connectivity index (χ2v) is 4.82. The third-order valence-electron chi connectivity index (χ3n) is 3.10. The summed E-state index contributed by atoms with van der Waals surface area (Å²) in [6.07, 6.45) is -4.47. The Labute approximate surface area is 134 Å². The summed E-state index contributed by atoms with van der Waals surface area (Å²) in [6.45, 7) is 0. The minimum atomic E-state index is -4.47. The number of benzene rings is 2. The lowest BCUT2D eigenvalue weighted by Crippen LogP contribution is -2.05. The zero-order valence-electron chi connectivity index (χ0n) is 12.2. The molecule has 0 unspecified atom stereocenters. The van der Waals surface area contributed by atoms with Gasteiger partial charge in [0.2, 0.25) is 5.95 Å². The fourth-order valence-electron chi connectivity index (χ4n) is 2.03. The summed E-state index contributed by atoms with van der Waals surface area (Å²) in [7, 11) is 0. The van der Waals surface area contributed by atoms with Gasteiger partial charge in [-0.05, 0) is 18.2 Å². The highest BCUT2D eigenvalue weighted by molar-refractivity contribution is 5.65. The first-order valence-electron chi connectivity index (χ1n) is 6.84. The molecule has 2 N–H and O–H groups in total. The molecule has 0 saturated carbocycles. The fraction of sp³-hybridized carbons (Fsp3) is 0.0625. The largest absolute Gasteiger partial charge is 0.436 e. The number of hydrogen-bond donors (Lipinski definition) is 1. The van der Waals surface area contributed by atoms with Crippen molar-refractivity contribution >= 4 is 5.95 Å². The molecule has 0 fully saturated rings. The van der Waals surface area contributed by atoms with Crippen LogP contribution in [0, 0.1) is 0 Å². The number of halogens is 3. The number of ether oxygens (including phenoxy) is 1. The average Bonchev–Trinajstić information content (AvgIpc) is 2.57. The van der Waals surface area contributed by atoms with Crippen molar-refractivity contribution in [3.05, 3.63) is 60.2 Å². The maximum atomic E-state index is 12.8. The van der Waals surface area contributed by atoms with E-state index in [0.717, 1.165) is 12.1 Å². The second kappa shape index (κ2) is 6.15. The normalized spacial score (nSPS) is 11.3. The third-order valence-corrected chi connectivity index (χ3v) is 3.10. The van der Waals surface area contributed by atoms with Gasteiger partial charge in [0.25, 0.3) is 5.88 Å². The van der Waals surface area contributed by atoms with Crippen molar-refractivity contribution in [3.63, 3.8) is 0 Å². The Balaban J connectivity index is 2.00. The van der Waals surface area contributed by atoms with Gasteiger partial charge in [-0.15, -0.1) is 10.2 Å². The zero-order chi connectivity index (χ0) is 17.2. The number of nitrogen functional groups attached to an aromatic ring is 1. The average molecular weight is 332 g/mol. The molecule has 2 aromatic carbocycles. The number of aromatic nitrogens is 3. The number of anilines is 1. The monoisotopic (exact) mass is 332 g/mol. The molecule has 0 radical (unpaired) electrons. The van der Waals surface area contributed by atoms with Crippen molar-refractivity contribution in [1.29, 1.82) is 0 Å². The predicted octanol–water partition coefficient (Wildman–Crippen LogP) is 3.93. The van der Waals surface area contributed by atoms with E-state index in [0.29, 0.717) is 11.3 Å². The van der Waals surface area contributed by atoms with Gasteiger partial charge in [-0.1, -0.05) is 36.4 Å². The van der Waals surface area contributed by atoms with Crippen LogP contribution in [0.3, 0.4) is 0 Å². The van der Waals surface area contributed by atoms with E-state index in [1.165, 1.54) is 12.1 Å². The Morgan fingerprint density at radius 2 is 1.67 bits per heavy atom. The zero-order valence-corrected chi connectivity index (χ0v) is 12.2. The van der Waals surface area contributed by atoms with Gasteiger partial charge in [-0.25, -0.2) is 4.98 Å². The van der Waals surface area contributed by atoms with Crippen LogP contribution in [-0.4, -0.2) is 15.2 Å². The number of hydrogen-bond acceptors (Lipinski definition) is 5. The molecular formula is C16H11F3N4O. The minimum Gasteiger partial charge on any atom is -0.436 e. The lowest BCUT2D eigenvalue weighted by Gasteiger charge is -2.11. The Bertz CT molecular complexity index is 853. The summed E-state index contributed by atoms with van der Waals surface area (Å²) < 4.78 is 43.8. The summed E-state index contributed by atoms with van der Waals surface area (Å²) in [5, 5.41) is 7.40. The number of nitrogens with zero attached hydrogens (tertiary/aromatic N) is 3. The van der Waals surface area contributed by atoms with E-state index in [2.05, 4.69) is 15.2 Å². The van der Waals surface area contributed by atoms with E-state index in [-0.39, 0.29) is 17.6 Å². The number of nitrogens with two attached hydrogens (primary N) is 1. The maximum absolute atomic E-state index is 12.8. The Hall–Kier alpha value is -3.16. The summed E-state index contributed by atoms with van der Waals surface area (Å²) in [6, 6.07) is 13.4. The van der Waals surface area contributed by atoms with Crippen LogP contribution in [0.2, 0.25) is 0 Å². The summed E-state index contributed by atoms with van der Waals surface area (Å²) in [5.41, 5.74) is 5.67. The molecule has 0 saturated heterocycles. The van der Waals surface area contributed by atoms with Crippen molar-refractivity contribution in [2.45, 2.75) is 6.18 Å². The van der Waals surface area contributed by atoms with Crippen molar-refractivity contribution in [2.24, 2.45) is 0 Å². The SMILES string of the molecule is Nc1nnc(Oc2cccc(C(F)(F)F)c2)c(-c2ccccc2)n1. The number of alkyl halides is 3. The highest BCUT2D eigenvalue weighted by atomic mass is 19.4. The molecule has 1 heterocycles. The van der Waals surface area contributed by atoms with Gasteiger partial charge in [-0.2, -0.15) is 13.2 Å². The second-order valence-electron chi connectivity index (χ2n) is 4.82. The topological polar surface area (TPSA) is 73.9 Å². The molecule has 24 heavy (non-hydrogen) atoms. The molecule has 1 aromatic heterocycles. The van der Waals surface area contributed by atoms with Crippen LogP contribution in [0.1, 0.15) is 5.56 Å². The smallest absolute Gasteiger partial charge is 0.416 e. The number of rotatable bonds is 3. The van der Waals surface area contributed by atoms with E-state index in [1.54, 1.807) is 24.3 Å². The Kier molecular flexibility index (Phi) is 4.03. The van der Waals surface area contributed by atoms with Gasteiger partial charge in [-0.3, -0.25) is 0 Å². The third kappa shape index (κ3) is 3.43. The first-order chi connectivity index (χ1) is 11.4. The molecular weight excluding hydrogens is 321 g/mol. The van der Waals surface area contributed by atoms with Gasteiger partial charge in [0.1, 0.15) is 11.4 Å². The fourth-order valence-corrected chi connectivity index (χ4v) is 2.03. The molecule has 0 amide bonds. The van der Waals surface area contributed by atoms with Crippen molar-refractivity contribution < 1.29 is 17.9 Å². The standard InChI is InChI=1S/C16H11F3N4O/c17-16(18,19)11-7-4-8-12(9-11)24-14-13(21-15(20)23-22-14)10-5-2-1-3-6-10/h1-9H,(H2,20,21,23). The first kappa shape index (κ1) is 15.7. The molecule has 0 spiro atoms. The van der Waals surface area contributed by atoms with Crippen LogP contribution in [0.4, 0.5) is 19.1 Å². The van der Waals surface area contributed by atoms with Gasteiger partial charge in [0, 0.05) is 5.56 Å². The van der Waals surface area contributed by atoms with Crippen LogP contribution >= 0.6 is 0 Å². The molecule has 0 aliphatic carbocycles. The van der Waals surface area contributed by atoms with Gasteiger partial charge in [0.15, 0.2) is 0 Å². The van der Waals surface area contributed by atoms with E-state index >= 15 is 0 Å². The Morgan fingerprint density at radius 3 is 2.38 bits per heavy atom. The molecule has 3 aromatic rings. The molecule has 3 rings (SSSR count). The lowest BCUT2D eigenvalue weighted by atomic mass is 10.1. The summed E-state index contributed by atoms with van der Waals surface area (Å²) >= 11 is 0. The molecule has 0 aliphatic heterocycles. The highest BCUT2D eigenvalue weighted by Gasteiger charge is 2.30. The van der Waals surface area contributed by atoms with E-state index < -0.39 is 11.7 Å². The van der Waals surface area contributed by atoms with Gasteiger partial charge >= 0.3 is 6.18 Å². The molecule has 8 heteroatoms. The van der Waals surface area contributed by atoms with Crippen molar-refractivity contribution in [1.82, 2.24) is 15.2 Å². The van der Waals surface area contributed by atoms with Crippen molar-refractivity contribution in [2.75, 3.05) is 5.73 Å². The minimum absolute atomic E-state index is 0.0251. The van der Waals surface area contributed by atoms with Crippen LogP contribution in [-0.2, 0) is 6.18 Å². The van der Waals surface area contributed by atoms with E-state index in [4.69, 9.17) is 10.5 Å². The van der Waals surface area contributed by atoms with Crippen LogP contribution in [0.15, 0.2) is 54.6 Å². The lowest BCUT2D eigenvalue weighted by molar-refractivity contribution is -0.137. The molecule has 122 valence electrons. The quantitative estimate of drug-likeness (QED) is 0.786. The molecule has 0 aliphatic rings. The first-order valence-corrected chi connectivity index (χ1v) is 6.84. The van der Waals surface area contributed by atoms with E-state index in [1.807, 2.05) is 6.07 Å². The van der Waals surface area contributed by atoms with Crippen molar-refractivity contribution in [3.8, 4) is 22.9 Å². The van der Waals surface area contributed by atoms with E-state index in [9.17, 15) is 13.2 Å². The van der Waals surface area contributed by atoms with Crippen LogP contribution in [0.25, 0.3) is 11.3 Å². The highest BCUT2D eigenvalue weighted by Crippen LogP contribution is 2.34. The Morgan fingerprint density at radius 1 is 0.917 bits per heavy atom. The van der Waals surface area contributed by atoms with Crippen LogP contribution < -0.4 is 10.5 Å². The van der Waals surface area contributed by atoms with Gasteiger partial charge < -0.3 is 10.5 Å². The van der Waals surface area contributed by atoms with Gasteiger partial charge in [0.05, 0.1) is 5.56 Å². The molecule has 0 bridgehead atoms.